The highest BCUT2D eigenvalue weighted by Gasteiger charge is 2.51. The Kier molecular flexibility index (Phi) is 23.6. The number of aliphatic carboxylic acids is 1. The van der Waals surface area contributed by atoms with E-state index in [1.165, 1.54) is 13.0 Å². The van der Waals surface area contributed by atoms with Crippen molar-refractivity contribution in [3.05, 3.63) is 85.1 Å². The Morgan fingerprint density at radius 1 is 0.662 bits per heavy atom. The Morgan fingerprint density at radius 2 is 1.23 bits per heavy atom. The fourth-order valence-corrected chi connectivity index (χ4v) is 7.97. The number of aliphatic hydroxyl groups is 10. The maximum Gasteiger partial charge on any atom is 0.311 e. The minimum absolute atomic E-state index is 0.107. The molecule has 3 heterocycles. The van der Waals surface area contributed by atoms with Crippen molar-refractivity contribution < 1.29 is 84.7 Å². The molecule has 0 unspecified atom stereocenters. The van der Waals surface area contributed by atoms with E-state index in [4.69, 9.17) is 24.7 Å². The molecular weight excluding hydrogens is 851 g/mol. The van der Waals surface area contributed by atoms with Crippen molar-refractivity contribution in [1.29, 1.82) is 0 Å². The monoisotopic (exact) mass is 923 g/mol. The number of hydrogen-bond donors (Lipinski definition) is 12. The van der Waals surface area contributed by atoms with Gasteiger partial charge in [0.15, 0.2) is 12.1 Å². The van der Waals surface area contributed by atoms with E-state index in [2.05, 4.69) is 0 Å². The lowest BCUT2D eigenvalue weighted by atomic mass is 9.82. The van der Waals surface area contributed by atoms with Crippen molar-refractivity contribution in [1.82, 2.24) is 0 Å². The van der Waals surface area contributed by atoms with Gasteiger partial charge >= 0.3 is 11.9 Å². The van der Waals surface area contributed by atoms with Gasteiger partial charge in [-0.25, -0.2) is 0 Å². The molecule has 13 N–H and O–H groups in total. The molecule has 0 radical (unpaired) electrons. The van der Waals surface area contributed by atoms with Gasteiger partial charge in [0, 0.05) is 37.5 Å². The second-order valence-electron chi connectivity index (χ2n) is 17.6. The van der Waals surface area contributed by atoms with Crippen LogP contribution in [0.3, 0.4) is 0 Å². The summed E-state index contributed by atoms with van der Waals surface area (Å²) in [6.45, 7) is 6.74. The summed E-state index contributed by atoms with van der Waals surface area (Å²) >= 11 is 0. The van der Waals surface area contributed by atoms with Crippen molar-refractivity contribution in [2.75, 3.05) is 0 Å². The average Bonchev–Trinajstić information content (AvgIpc) is 3.21. The molecule has 3 aliphatic heterocycles. The molecule has 18 nitrogen and oxygen atoms in total. The lowest BCUT2D eigenvalue weighted by Gasteiger charge is -2.45. The standard InChI is InChI=1S/C47H73NO17/c1-27-17-15-13-11-9-7-5-6-8-10-12-14-16-18-34(64-46-44(58)41(48)43(57)30(4)63-46)24-38-40(45(59)60)37(54)26-47(61,65-38)25-33(51)22-36(53)35(52)20-19-31(49)21-32(50)23-39(55)62-29(3)28(2)42(27)56/h5-18,27-38,40-44,46,49-54,56-58,61H,19-26,48H2,1-4H3,(H,59,60)/b6-5+,9-7+,10-8+,13-11+,14-12+,17-15+,18-16+/t27-,28-,29-,30-,31+,32+,33-,34-,35-,36+,37-,38+,40-,41+,42+,43-,44-,46+,47+/m0/s1. The molecule has 2 fully saturated rings. The van der Waals surface area contributed by atoms with Gasteiger partial charge in [-0.05, 0) is 33.1 Å². The van der Waals surface area contributed by atoms with Crippen molar-refractivity contribution in [2.24, 2.45) is 23.5 Å². The number of esters is 1. The number of nitrogens with two attached hydrogens (primary N) is 1. The molecule has 0 aromatic rings. The first-order valence-electron chi connectivity index (χ1n) is 22.3. The predicted octanol–water partition coefficient (Wildman–Crippen LogP) is 0.712. The lowest BCUT2D eigenvalue weighted by Crippen LogP contribution is -2.61. The average molecular weight is 924 g/mol. The minimum Gasteiger partial charge on any atom is -0.481 e. The molecule has 0 aromatic heterocycles. The van der Waals surface area contributed by atoms with Crippen LogP contribution in [0.2, 0.25) is 0 Å². The Balaban J connectivity index is 1.86. The fourth-order valence-electron chi connectivity index (χ4n) is 7.97. The molecule has 0 aromatic carbocycles. The van der Waals surface area contributed by atoms with Gasteiger partial charge in [0.05, 0.1) is 79.6 Å². The number of cyclic esters (lactones) is 1. The molecule has 19 atom stereocenters. The van der Waals surface area contributed by atoms with E-state index < -0.39 is 147 Å². The van der Waals surface area contributed by atoms with E-state index in [1.807, 2.05) is 19.1 Å². The van der Waals surface area contributed by atoms with Crippen LogP contribution < -0.4 is 5.73 Å². The van der Waals surface area contributed by atoms with E-state index in [9.17, 15) is 65.8 Å². The molecule has 0 amide bonds. The van der Waals surface area contributed by atoms with Gasteiger partial charge in [-0.1, -0.05) is 98.9 Å². The van der Waals surface area contributed by atoms with E-state index in [0.717, 1.165) is 0 Å². The second-order valence-corrected chi connectivity index (χ2v) is 17.6. The zero-order valence-corrected chi connectivity index (χ0v) is 37.6. The number of carbonyl (C=O) groups is 2. The summed E-state index contributed by atoms with van der Waals surface area (Å²) in [6.07, 6.45) is 3.46. The number of aliphatic hydroxyl groups excluding tert-OH is 9. The number of rotatable bonds is 3. The lowest BCUT2D eigenvalue weighted by molar-refractivity contribution is -0.308. The first kappa shape index (κ1) is 55.9. The van der Waals surface area contributed by atoms with Gasteiger partial charge in [0.2, 0.25) is 0 Å². The van der Waals surface area contributed by atoms with Crippen LogP contribution in [0.15, 0.2) is 85.1 Å². The summed E-state index contributed by atoms with van der Waals surface area (Å²) in [6, 6.07) is -1.15. The Hall–Kier alpha value is -3.44. The highest BCUT2D eigenvalue weighted by atomic mass is 16.7. The molecule has 0 spiro atoms. The van der Waals surface area contributed by atoms with E-state index in [0.29, 0.717) is 0 Å². The molecule has 0 saturated carbocycles. The van der Waals surface area contributed by atoms with Crippen molar-refractivity contribution in [2.45, 2.75) is 177 Å². The molecule has 3 aliphatic rings. The molecule has 368 valence electrons. The predicted molar refractivity (Wildman–Crippen MR) is 237 cm³/mol. The van der Waals surface area contributed by atoms with E-state index >= 15 is 0 Å². The van der Waals surface area contributed by atoms with Crippen molar-refractivity contribution in [3.8, 4) is 0 Å². The van der Waals surface area contributed by atoms with Gasteiger partial charge in [-0.3, -0.25) is 9.59 Å². The van der Waals surface area contributed by atoms with Gasteiger partial charge in [-0.2, -0.15) is 0 Å². The van der Waals surface area contributed by atoms with Crippen LogP contribution in [0.1, 0.15) is 79.1 Å². The SMILES string of the molecule is C[C@@H]1[C@H](O)[C@@H](C)/C=C/C=C/C=C/C=C/C=C/C=C/C=C/[C@H](O[C@H]2O[C@@H](C)[C@H](O)[C@@H](N)[C@@H]2O)C[C@H]2O[C@](O)(C[C@@H](O)C[C@@H](O)[C@@H](O)CC[C@@H](O)C[C@@H](O)CC(=O)O[C@H]1C)C[C@H](O)[C@@H]2C(=O)O. The summed E-state index contributed by atoms with van der Waals surface area (Å²) in [4.78, 5) is 25.1. The van der Waals surface area contributed by atoms with Crippen LogP contribution in [0, 0.1) is 17.8 Å². The topological polar surface area (TPSA) is 320 Å². The molecule has 18 heteroatoms. The van der Waals surface area contributed by atoms with Crippen molar-refractivity contribution >= 4 is 11.9 Å². The number of ether oxygens (including phenoxy) is 4. The molecule has 3 rings (SSSR count). The number of carboxylic acid groups (broad SMARTS) is 1. The normalized spacial score (nSPS) is 45.5. The van der Waals surface area contributed by atoms with Crippen LogP contribution in [0.25, 0.3) is 0 Å². The molecule has 2 saturated heterocycles. The maximum atomic E-state index is 12.6. The largest absolute Gasteiger partial charge is 0.481 e. The van der Waals surface area contributed by atoms with Crippen LogP contribution in [0.4, 0.5) is 0 Å². The van der Waals surface area contributed by atoms with Crippen LogP contribution in [-0.2, 0) is 28.5 Å². The number of fused-ring (bicyclic) bond motifs is 2. The maximum absolute atomic E-state index is 12.6. The van der Waals surface area contributed by atoms with E-state index in [-0.39, 0.29) is 31.6 Å². The number of carbonyl (C=O) groups excluding carboxylic acids is 1. The third kappa shape index (κ3) is 18.6. The van der Waals surface area contributed by atoms with E-state index in [1.54, 1.807) is 80.7 Å². The summed E-state index contributed by atoms with van der Waals surface area (Å²) < 4.78 is 23.1. The summed E-state index contributed by atoms with van der Waals surface area (Å²) in [7, 11) is 0. The smallest absolute Gasteiger partial charge is 0.311 e. The number of hydrogen-bond acceptors (Lipinski definition) is 17. The second kappa shape index (κ2) is 27.4. The molecule has 65 heavy (non-hydrogen) atoms. The van der Waals surface area contributed by atoms with Gasteiger partial charge in [0.1, 0.15) is 18.1 Å². The summed E-state index contributed by atoms with van der Waals surface area (Å²) in [5.74, 6) is -6.83. The Labute approximate surface area is 381 Å². The molecule has 0 aliphatic carbocycles. The quantitative estimate of drug-likeness (QED) is 0.174. The molecular formula is C47H73NO17. The third-order valence-corrected chi connectivity index (χ3v) is 12.0. The zero-order chi connectivity index (χ0) is 48.4. The Morgan fingerprint density at radius 3 is 1.82 bits per heavy atom. The van der Waals surface area contributed by atoms with Crippen LogP contribution in [0.5, 0.6) is 0 Å². The first-order chi connectivity index (χ1) is 30.6. The fraction of sp³-hybridized carbons (Fsp3) is 0.660. The third-order valence-electron chi connectivity index (χ3n) is 12.0. The van der Waals surface area contributed by atoms with Crippen molar-refractivity contribution in [3.63, 3.8) is 0 Å². The highest BCUT2D eigenvalue weighted by molar-refractivity contribution is 5.71. The molecule has 2 bridgehead atoms. The van der Waals surface area contributed by atoms with Crippen LogP contribution in [-0.4, -0.2) is 166 Å². The van der Waals surface area contributed by atoms with Gasteiger partial charge in [0.25, 0.3) is 0 Å². The minimum atomic E-state index is -2.33. The number of carboxylic acids is 1. The van der Waals surface area contributed by atoms with Gasteiger partial charge < -0.3 is 80.9 Å². The summed E-state index contributed by atoms with van der Waals surface area (Å²) in [5, 5.41) is 118. The van der Waals surface area contributed by atoms with Crippen LogP contribution >= 0.6 is 0 Å². The Bertz CT molecular complexity index is 1670. The highest BCUT2D eigenvalue weighted by Crippen LogP contribution is 2.38. The first-order valence-corrected chi connectivity index (χ1v) is 22.3. The summed E-state index contributed by atoms with van der Waals surface area (Å²) in [5.41, 5.74) is 6.02. The van der Waals surface area contributed by atoms with Gasteiger partial charge in [-0.15, -0.1) is 0 Å². The number of allylic oxidation sites excluding steroid dienone is 12. The zero-order valence-electron chi connectivity index (χ0n) is 37.6.